The molecule has 1 aromatic rings. The van der Waals surface area contributed by atoms with Crippen molar-refractivity contribution in [3.8, 4) is 0 Å². The number of nitrogens with one attached hydrogen (secondary N) is 1. The molecule has 1 rings (SSSR count). The van der Waals surface area contributed by atoms with E-state index in [9.17, 15) is 0 Å². The lowest BCUT2D eigenvalue weighted by molar-refractivity contribution is 0.106. The molecule has 0 aliphatic carbocycles. The largest absolute Gasteiger partial charge is 0.382 e. The molecule has 3 heteroatoms. The molecule has 0 radical (unpaired) electrons. The van der Waals surface area contributed by atoms with Crippen LogP contribution in [-0.2, 0) is 11.2 Å². The van der Waals surface area contributed by atoms with Crippen LogP contribution in [0.4, 0.5) is 0 Å². The number of aryl methyl sites for hydroxylation is 1. The molecule has 2 atom stereocenters. The lowest BCUT2D eigenvalue weighted by Gasteiger charge is -2.19. The summed E-state index contributed by atoms with van der Waals surface area (Å²) in [6, 6.07) is 8.90. The Morgan fingerprint density at radius 1 is 1.33 bits per heavy atom. The summed E-state index contributed by atoms with van der Waals surface area (Å²) in [5.41, 5.74) is 5.57. The van der Waals surface area contributed by atoms with Crippen molar-refractivity contribution in [1.29, 1.82) is 0 Å². The highest BCUT2D eigenvalue weighted by molar-refractivity contribution is 5.26. The number of ether oxygens (including phenoxy) is 1. The first kappa shape index (κ1) is 15.2. The highest BCUT2D eigenvalue weighted by Crippen LogP contribution is 2.20. The van der Waals surface area contributed by atoms with Crippen molar-refractivity contribution in [2.24, 2.45) is 5.84 Å². The van der Waals surface area contributed by atoms with Gasteiger partial charge in [0.1, 0.15) is 0 Å². The minimum Gasteiger partial charge on any atom is -0.382 e. The Bertz CT molecular complexity index is 341. The molecule has 0 fully saturated rings. The third-order valence-corrected chi connectivity index (χ3v) is 3.36. The number of rotatable bonds is 8. The maximum Gasteiger partial charge on any atom is 0.0543 e. The Balaban J connectivity index is 2.66. The number of methoxy groups -OCH3 is 1. The van der Waals surface area contributed by atoms with Crippen LogP contribution in [0, 0.1) is 0 Å². The summed E-state index contributed by atoms with van der Waals surface area (Å²) >= 11 is 0. The monoisotopic (exact) mass is 250 g/mol. The molecule has 0 spiro atoms. The minimum atomic E-state index is 0.208. The molecule has 0 heterocycles. The second kappa shape index (κ2) is 8.25. The van der Waals surface area contributed by atoms with Gasteiger partial charge in [-0.25, -0.2) is 0 Å². The lowest BCUT2D eigenvalue weighted by Crippen LogP contribution is -2.28. The van der Waals surface area contributed by atoms with Crippen LogP contribution in [0.3, 0.4) is 0 Å². The fraction of sp³-hybridized carbons (Fsp3) is 0.600. The van der Waals surface area contributed by atoms with Crippen molar-refractivity contribution in [3.05, 3.63) is 35.4 Å². The van der Waals surface area contributed by atoms with Gasteiger partial charge in [0.25, 0.3) is 0 Å². The molecule has 0 saturated heterocycles. The Hall–Kier alpha value is -0.900. The molecule has 0 aromatic heterocycles. The maximum atomic E-state index is 5.67. The van der Waals surface area contributed by atoms with Gasteiger partial charge in [-0.3, -0.25) is 11.3 Å². The molecule has 2 unspecified atom stereocenters. The first-order valence-electron chi connectivity index (χ1n) is 6.79. The van der Waals surface area contributed by atoms with Gasteiger partial charge in [-0.15, -0.1) is 0 Å². The van der Waals surface area contributed by atoms with Crippen molar-refractivity contribution < 1.29 is 4.74 Å². The van der Waals surface area contributed by atoms with Gasteiger partial charge in [0, 0.05) is 13.2 Å². The van der Waals surface area contributed by atoms with Crippen molar-refractivity contribution in [3.63, 3.8) is 0 Å². The van der Waals surface area contributed by atoms with Gasteiger partial charge < -0.3 is 4.74 Å². The minimum absolute atomic E-state index is 0.208. The van der Waals surface area contributed by atoms with Crippen molar-refractivity contribution in [2.45, 2.75) is 51.7 Å². The van der Waals surface area contributed by atoms with Gasteiger partial charge in [0.05, 0.1) is 6.10 Å². The average Bonchev–Trinajstić information content (AvgIpc) is 2.40. The Kier molecular flexibility index (Phi) is 6.94. The highest BCUT2D eigenvalue weighted by atomic mass is 16.5. The SMILES string of the molecule is CCCc1cccc(C(CCC(C)OC)NN)c1. The van der Waals surface area contributed by atoms with Gasteiger partial charge in [-0.1, -0.05) is 37.6 Å². The van der Waals surface area contributed by atoms with E-state index < -0.39 is 0 Å². The van der Waals surface area contributed by atoms with E-state index in [1.165, 1.54) is 17.5 Å². The molecule has 0 bridgehead atoms. The fourth-order valence-electron chi connectivity index (χ4n) is 2.12. The van der Waals surface area contributed by atoms with Crippen LogP contribution < -0.4 is 11.3 Å². The lowest BCUT2D eigenvalue weighted by atomic mass is 9.98. The third kappa shape index (κ3) is 4.77. The maximum absolute atomic E-state index is 5.67. The van der Waals surface area contributed by atoms with Crippen LogP contribution in [0.15, 0.2) is 24.3 Å². The molecule has 102 valence electrons. The summed E-state index contributed by atoms with van der Waals surface area (Å²) in [6.45, 7) is 4.28. The van der Waals surface area contributed by atoms with Gasteiger partial charge in [0.15, 0.2) is 0 Å². The van der Waals surface area contributed by atoms with Crippen LogP contribution >= 0.6 is 0 Å². The van der Waals surface area contributed by atoms with Crippen LogP contribution in [-0.4, -0.2) is 13.2 Å². The van der Waals surface area contributed by atoms with E-state index >= 15 is 0 Å². The Morgan fingerprint density at radius 3 is 2.72 bits per heavy atom. The topological polar surface area (TPSA) is 47.3 Å². The molecule has 3 nitrogen and oxygen atoms in total. The quantitative estimate of drug-likeness (QED) is 0.551. The van der Waals surface area contributed by atoms with Crippen molar-refractivity contribution in [2.75, 3.05) is 7.11 Å². The van der Waals surface area contributed by atoms with E-state index in [0.29, 0.717) is 0 Å². The summed E-state index contributed by atoms with van der Waals surface area (Å²) in [6.07, 6.45) is 4.56. The van der Waals surface area contributed by atoms with Crippen molar-refractivity contribution in [1.82, 2.24) is 5.43 Å². The Morgan fingerprint density at radius 2 is 2.11 bits per heavy atom. The van der Waals surface area contributed by atoms with Gasteiger partial charge in [-0.05, 0) is 37.3 Å². The van der Waals surface area contributed by atoms with Gasteiger partial charge in [-0.2, -0.15) is 0 Å². The summed E-state index contributed by atoms with van der Waals surface area (Å²) in [7, 11) is 1.75. The molecule has 0 saturated carbocycles. The number of hydrogen-bond donors (Lipinski definition) is 2. The summed E-state index contributed by atoms with van der Waals surface area (Å²) in [5, 5.41) is 0. The van der Waals surface area contributed by atoms with E-state index in [1.54, 1.807) is 7.11 Å². The predicted octanol–water partition coefficient (Wildman–Crippen LogP) is 2.96. The zero-order valence-corrected chi connectivity index (χ0v) is 11.8. The highest BCUT2D eigenvalue weighted by Gasteiger charge is 2.11. The van der Waals surface area contributed by atoms with E-state index in [2.05, 4.69) is 43.5 Å². The third-order valence-electron chi connectivity index (χ3n) is 3.36. The first-order chi connectivity index (χ1) is 8.71. The molecule has 0 aliphatic rings. The number of nitrogens with two attached hydrogens (primary N) is 1. The van der Waals surface area contributed by atoms with E-state index in [0.717, 1.165) is 19.3 Å². The molecule has 0 aliphatic heterocycles. The predicted molar refractivity (Wildman–Crippen MR) is 76.2 cm³/mol. The van der Waals surface area contributed by atoms with Crippen LogP contribution in [0.5, 0.6) is 0 Å². The molecule has 18 heavy (non-hydrogen) atoms. The molecular weight excluding hydrogens is 224 g/mol. The van der Waals surface area contributed by atoms with Gasteiger partial charge >= 0.3 is 0 Å². The molecule has 0 amide bonds. The van der Waals surface area contributed by atoms with Crippen molar-refractivity contribution >= 4 is 0 Å². The number of hydrogen-bond acceptors (Lipinski definition) is 3. The summed E-state index contributed by atoms with van der Waals surface area (Å²) in [4.78, 5) is 0. The summed E-state index contributed by atoms with van der Waals surface area (Å²) < 4.78 is 5.27. The zero-order valence-electron chi connectivity index (χ0n) is 11.8. The van der Waals surface area contributed by atoms with Crippen LogP contribution in [0.25, 0.3) is 0 Å². The zero-order chi connectivity index (χ0) is 13.4. The second-order valence-corrected chi connectivity index (χ2v) is 4.84. The first-order valence-corrected chi connectivity index (χ1v) is 6.79. The number of hydrazine groups is 1. The van der Waals surface area contributed by atoms with Crippen LogP contribution in [0.2, 0.25) is 0 Å². The van der Waals surface area contributed by atoms with E-state index in [1.807, 2.05) is 0 Å². The molecule has 3 N–H and O–H groups in total. The normalized spacial score (nSPS) is 14.4. The summed E-state index contributed by atoms with van der Waals surface area (Å²) in [5.74, 6) is 5.67. The number of benzene rings is 1. The Labute approximate surface area is 111 Å². The second-order valence-electron chi connectivity index (χ2n) is 4.84. The average molecular weight is 250 g/mol. The fourth-order valence-corrected chi connectivity index (χ4v) is 2.12. The van der Waals surface area contributed by atoms with Crippen LogP contribution in [0.1, 0.15) is 50.3 Å². The molecule has 1 aromatic carbocycles. The standard InChI is InChI=1S/C15H26N2O/c1-4-6-13-7-5-8-14(11-13)15(17-16)10-9-12(2)18-3/h5,7-8,11-12,15,17H,4,6,9-10,16H2,1-3H3. The van der Waals surface area contributed by atoms with E-state index in [-0.39, 0.29) is 12.1 Å². The van der Waals surface area contributed by atoms with E-state index in [4.69, 9.17) is 10.6 Å². The van der Waals surface area contributed by atoms with Gasteiger partial charge in [0.2, 0.25) is 0 Å². The molecular formula is C15H26N2O. The smallest absolute Gasteiger partial charge is 0.0543 e.